The van der Waals surface area contributed by atoms with Gasteiger partial charge in [-0.2, -0.15) is 4.31 Å². The Morgan fingerprint density at radius 3 is 2.36 bits per heavy atom. The second-order valence-electron chi connectivity index (χ2n) is 6.39. The van der Waals surface area contributed by atoms with E-state index in [4.69, 9.17) is 0 Å². The third-order valence-corrected chi connectivity index (χ3v) is 6.31. The molecule has 1 fully saturated rings. The van der Waals surface area contributed by atoms with Gasteiger partial charge in [0.1, 0.15) is 0 Å². The zero-order valence-electron chi connectivity index (χ0n) is 14.3. The molecule has 1 aliphatic heterocycles. The van der Waals surface area contributed by atoms with Crippen molar-refractivity contribution in [3.63, 3.8) is 0 Å². The zero-order chi connectivity index (χ0) is 17.9. The fraction of sp³-hybridized carbons (Fsp3) is 0.389. The molecule has 1 N–H and O–H groups in total. The molecule has 3 rings (SSSR count). The number of aryl methyl sites for hydroxylation is 1. The van der Waals surface area contributed by atoms with E-state index in [-0.39, 0.29) is 11.7 Å². The molecule has 2 aromatic rings. The summed E-state index contributed by atoms with van der Waals surface area (Å²) in [6, 6.07) is 11.3. The molecule has 1 aromatic heterocycles. The maximum Gasteiger partial charge on any atom is 0.228 e. The number of aromatic nitrogens is 1. The van der Waals surface area contributed by atoms with Gasteiger partial charge in [-0.3, -0.25) is 4.79 Å². The van der Waals surface area contributed by atoms with Crippen LogP contribution in [0, 0.1) is 6.92 Å². The van der Waals surface area contributed by atoms with Crippen molar-refractivity contribution in [1.82, 2.24) is 14.2 Å². The van der Waals surface area contributed by atoms with E-state index in [0.717, 1.165) is 16.8 Å². The molecular weight excluding hydrogens is 338 g/mol. The molecule has 1 saturated heterocycles. The Hall–Kier alpha value is -2.12. The summed E-state index contributed by atoms with van der Waals surface area (Å²) in [5.74, 6) is 0.0296. The summed E-state index contributed by atoms with van der Waals surface area (Å²) in [7, 11) is -3.36. The molecule has 0 atom stereocenters. The molecule has 0 bridgehead atoms. The molecule has 6 nitrogen and oxygen atoms in total. The first-order valence-electron chi connectivity index (χ1n) is 8.37. The highest BCUT2D eigenvalue weighted by atomic mass is 32.2. The van der Waals surface area contributed by atoms with Crippen molar-refractivity contribution in [2.75, 3.05) is 26.2 Å². The number of carbonyl (C=O) groups excluding carboxylic acids is 1. The third-order valence-electron chi connectivity index (χ3n) is 4.46. The summed E-state index contributed by atoms with van der Waals surface area (Å²) in [4.78, 5) is 17.0. The Kier molecular flexibility index (Phi) is 5.24. The van der Waals surface area contributed by atoms with Crippen LogP contribution in [0.5, 0.6) is 0 Å². The van der Waals surface area contributed by atoms with Crippen molar-refractivity contribution >= 4 is 15.9 Å². The van der Waals surface area contributed by atoms with E-state index in [9.17, 15) is 13.2 Å². The van der Waals surface area contributed by atoms with Crippen molar-refractivity contribution < 1.29 is 13.2 Å². The largest absolute Gasteiger partial charge is 0.365 e. The fourth-order valence-corrected chi connectivity index (χ4v) is 4.47. The van der Waals surface area contributed by atoms with Gasteiger partial charge in [0.15, 0.2) is 0 Å². The Morgan fingerprint density at radius 1 is 1.08 bits per heavy atom. The number of carbonyl (C=O) groups is 1. The molecule has 1 aromatic carbocycles. The van der Waals surface area contributed by atoms with E-state index < -0.39 is 10.0 Å². The van der Waals surface area contributed by atoms with E-state index >= 15 is 0 Å². The number of nitrogens with one attached hydrogen (secondary N) is 1. The van der Waals surface area contributed by atoms with Gasteiger partial charge in [0.2, 0.25) is 15.9 Å². The molecule has 0 aliphatic carbocycles. The maximum absolute atomic E-state index is 12.6. The van der Waals surface area contributed by atoms with Crippen molar-refractivity contribution in [3.05, 3.63) is 59.4 Å². The smallest absolute Gasteiger partial charge is 0.228 e. The lowest BCUT2D eigenvalue weighted by atomic mass is 10.2. The van der Waals surface area contributed by atoms with Crippen molar-refractivity contribution in [3.8, 4) is 0 Å². The van der Waals surface area contributed by atoms with Crippen molar-refractivity contribution in [2.45, 2.75) is 19.1 Å². The van der Waals surface area contributed by atoms with Crippen molar-refractivity contribution in [2.24, 2.45) is 0 Å². The van der Waals surface area contributed by atoms with Gasteiger partial charge in [-0.1, -0.05) is 29.8 Å². The first-order valence-corrected chi connectivity index (χ1v) is 9.98. The molecule has 2 heterocycles. The standard InChI is InChI=1S/C18H23N3O3S/c1-15-4-6-16(7-5-15)14-25(23,24)21-11-9-20(10-12-21)18(22)13-17-3-2-8-19-17/h2-8,19H,9-14H2,1H3. The third kappa shape index (κ3) is 4.49. The van der Waals surface area contributed by atoms with Crippen LogP contribution < -0.4 is 0 Å². The van der Waals surface area contributed by atoms with Gasteiger partial charge in [0, 0.05) is 38.1 Å². The van der Waals surface area contributed by atoms with Gasteiger partial charge >= 0.3 is 0 Å². The predicted octanol–water partition coefficient (Wildman–Crippen LogP) is 1.54. The van der Waals surface area contributed by atoms with Crippen LogP contribution in [0.15, 0.2) is 42.6 Å². The highest BCUT2D eigenvalue weighted by Crippen LogP contribution is 2.15. The van der Waals surface area contributed by atoms with Gasteiger partial charge in [-0.15, -0.1) is 0 Å². The van der Waals surface area contributed by atoms with Gasteiger partial charge in [0.05, 0.1) is 12.2 Å². The second-order valence-corrected chi connectivity index (χ2v) is 8.36. The van der Waals surface area contributed by atoms with Crippen LogP contribution in [0.2, 0.25) is 0 Å². The molecule has 1 aliphatic rings. The maximum atomic E-state index is 12.6. The van der Waals surface area contributed by atoms with Crippen molar-refractivity contribution in [1.29, 1.82) is 0 Å². The van der Waals surface area contributed by atoms with Crippen LogP contribution in [0.1, 0.15) is 16.8 Å². The van der Waals surface area contributed by atoms with E-state index in [1.165, 1.54) is 4.31 Å². The average molecular weight is 361 g/mol. The molecule has 0 radical (unpaired) electrons. The minimum Gasteiger partial charge on any atom is -0.365 e. The average Bonchev–Trinajstić information content (AvgIpc) is 3.10. The first-order chi connectivity index (χ1) is 11.9. The Labute approximate surface area is 148 Å². The van der Waals surface area contributed by atoms with E-state index in [0.29, 0.717) is 32.6 Å². The lowest BCUT2D eigenvalue weighted by Gasteiger charge is -2.34. The van der Waals surface area contributed by atoms with Crippen LogP contribution in [0.3, 0.4) is 0 Å². The quantitative estimate of drug-likeness (QED) is 0.878. The predicted molar refractivity (Wildman–Crippen MR) is 96.5 cm³/mol. The number of H-pyrrole nitrogens is 1. The van der Waals surface area contributed by atoms with Gasteiger partial charge in [0.25, 0.3) is 0 Å². The first kappa shape index (κ1) is 17.7. The second kappa shape index (κ2) is 7.41. The Bertz CT molecular complexity index is 806. The minimum absolute atomic E-state index is 0.00367. The highest BCUT2D eigenvalue weighted by Gasteiger charge is 2.28. The summed E-state index contributed by atoms with van der Waals surface area (Å²) in [5.41, 5.74) is 2.77. The lowest BCUT2D eigenvalue weighted by molar-refractivity contribution is -0.131. The number of piperazine rings is 1. The number of rotatable bonds is 5. The number of benzene rings is 1. The number of hydrogen-bond donors (Lipinski definition) is 1. The molecule has 0 unspecified atom stereocenters. The lowest BCUT2D eigenvalue weighted by Crippen LogP contribution is -2.51. The number of sulfonamides is 1. The van der Waals surface area contributed by atoms with Crippen LogP contribution in [0.25, 0.3) is 0 Å². The fourth-order valence-electron chi connectivity index (χ4n) is 2.95. The Balaban J connectivity index is 1.55. The molecule has 25 heavy (non-hydrogen) atoms. The highest BCUT2D eigenvalue weighted by molar-refractivity contribution is 7.88. The van der Waals surface area contributed by atoms with Crippen LogP contribution in [-0.2, 0) is 27.0 Å². The molecule has 0 saturated carbocycles. The van der Waals surface area contributed by atoms with Crippen LogP contribution >= 0.6 is 0 Å². The number of nitrogens with zero attached hydrogens (tertiary/aromatic N) is 2. The number of amides is 1. The summed E-state index contributed by atoms with van der Waals surface area (Å²) in [6.45, 7) is 3.55. The number of aromatic amines is 1. The van der Waals surface area contributed by atoms with E-state index in [2.05, 4.69) is 4.98 Å². The van der Waals surface area contributed by atoms with Gasteiger partial charge < -0.3 is 9.88 Å². The topological polar surface area (TPSA) is 73.5 Å². The number of hydrogen-bond acceptors (Lipinski definition) is 3. The summed E-state index contributed by atoms with van der Waals surface area (Å²) >= 11 is 0. The SMILES string of the molecule is Cc1ccc(CS(=O)(=O)N2CCN(C(=O)Cc3ccc[nH]3)CC2)cc1. The summed E-state index contributed by atoms with van der Waals surface area (Å²) < 4.78 is 26.7. The molecular formula is C18H23N3O3S. The monoisotopic (exact) mass is 361 g/mol. The normalized spacial score (nSPS) is 16.1. The molecule has 0 spiro atoms. The van der Waals surface area contributed by atoms with Crippen LogP contribution in [0.4, 0.5) is 0 Å². The minimum atomic E-state index is -3.36. The van der Waals surface area contributed by atoms with E-state index in [1.807, 2.05) is 43.3 Å². The molecule has 134 valence electrons. The van der Waals surface area contributed by atoms with E-state index in [1.54, 1.807) is 11.1 Å². The van der Waals surface area contributed by atoms with Gasteiger partial charge in [-0.05, 0) is 24.6 Å². The Morgan fingerprint density at radius 2 is 1.76 bits per heavy atom. The van der Waals surface area contributed by atoms with Gasteiger partial charge in [-0.25, -0.2) is 8.42 Å². The summed E-state index contributed by atoms with van der Waals surface area (Å²) in [5, 5.41) is 0. The molecule has 7 heteroatoms. The molecule has 1 amide bonds. The van der Waals surface area contributed by atoms with Crippen LogP contribution in [-0.4, -0.2) is 54.7 Å². The summed E-state index contributed by atoms with van der Waals surface area (Å²) in [6.07, 6.45) is 2.11. The zero-order valence-corrected chi connectivity index (χ0v) is 15.1.